The molecule has 5 nitrogen and oxygen atoms in total. The maximum atomic E-state index is 13.0. The minimum absolute atomic E-state index is 0. The fourth-order valence-electron chi connectivity index (χ4n) is 4.48. The van der Waals surface area contributed by atoms with E-state index in [1.165, 1.54) is 5.56 Å². The summed E-state index contributed by atoms with van der Waals surface area (Å²) < 4.78 is 0. The second kappa shape index (κ2) is 17.4. The monoisotopic (exact) mass is 564 g/mol. The summed E-state index contributed by atoms with van der Waals surface area (Å²) in [5.74, 6) is 0.0444. The van der Waals surface area contributed by atoms with E-state index in [1.54, 1.807) is 0 Å². The van der Waals surface area contributed by atoms with Gasteiger partial charge in [0.1, 0.15) is 0 Å². The largest absolute Gasteiger partial charge is 0.339 e. The molecule has 1 heterocycles. The lowest BCUT2D eigenvalue weighted by Crippen LogP contribution is -2.57. The first kappa shape index (κ1) is 34.0. The van der Waals surface area contributed by atoms with Crippen molar-refractivity contribution >= 4 is 54.7 Å². The Morgan fingerprint density at radius 2 is 1.43 bits per heavy atom. The first-order chi connectivity index (χ1) is 15.5. The van der Waals surface area contributed by atoms with Crippen molar-refractivity contribution in [1.82, 2.24) is 14.7 Å². The van der Waals surface area contributed by atoms with Crippen molar-refractivity contribution in [2.45, 2.75) is 38.8 Å². The van der Waals surface area contributed by atoms with E-state index >= 15 is 0 Å². The topological polar surface area (TPSA) is 52.8 Å². The van der Waals surface area contributed by atoms with Crippen molar-refractivity contribution in [3.63, 3.8) is 0 Å². The van der Waals surface area contributed by atoms with E-state index in [0.29, 0.717) is 17.5 Å². The zero-order valence-electron chi connectivity index (χ0n) is 20.6. The van der Waals surface area contributed by atoms with Crippen LogP contribution in [-0.4, -0.2) is 78.5 Å². The molecule has 1 aliphatic rings. The Morgan fingerprint density at radius 3 is 1.97 bits per heavy atom. The molecule has 2 atom stereocenters. The highest BCUT2D eigenvalue weighted by molar-refractivity contribution is 6.30. The maximum absolute atomic E-state index is 13.0. The van der Waals surface area contributed by atoms with Gasteiger partial charge >= 0.3 is 0 Å². The highest BCUT2D eigenvalue weighted by atomic mass is 35.5. The molecule has 1 aliphatic heterocycles. The number of benzene rings is 2. The third kappa shape index (κ3) is 10.5. The van der Waals surface area contributed by atoms with Crippen LogP contribution in [0.5, 0.6) is 0 Å². The quantitative estimate of drug-likeness (QED) is 0.458. The zero-order valence-corrected chi connectivity index (χ0v) is 23.9. The van der Waals surface area contributed by atoms with Crippen LogP contribution in [0.25, 0.3) is 0 Å². The molecule has 0 aliphatic carbocycles. The Hall–Kier alpha value is -1.05. The van der Waals surface area contributed by atoms with Gasteiger partial charge in [0.2, 0.25) is 5.91 Å². The van der Waals surface area contributed by atoms with E-state index in [0.717, 1.165) is 57.8 Å². The number of nitrogens with zero attached hydrogens (tertiary/aromatic N) is 3. The van der Waals surface area contributed by atoms with Gasteiger partial charge in [0.15, 0.2) is 0 Å². The van der Waals surface area contributed by atoms with Gasteiger partial charge in [0, 0.05) is 43.8 Å². The van der Waals surface area contributed by atoms with Gasteiger partial charge in [-0.05, 0) is 49.2 Å². The Balaban J connectivity index is 0.00000385. The van der Waals surface area contributed by atoms with Gasteiger partial charge in [-0.25, -0.2) is 0 Å². The number of rotatable bonds is 10. The number of amides is 1. The van der Waals surface area contributed by atoms with Crippen molar-refractivity contribution in [1.29, 1.82) is 0 Å². The smallest absolute Gasteiger partial charge is 0.239 e. The summed E-state index contributed by atoms with van der Waals surface area (Å²) in [6.07, 6.45) is 1.57. The van der Waals surface area contributed by atoms with E-state index in [2.05, 4.69) is 54.0 Å². The first-order valence-corrected chi connectivity index (χ1v) is 12.2. The molecule has 9 heteroatoms. The van der Waals surface area contributed by atoms with Crippen molar-refractivity contribution in [2.24, 2.45) is 5.73 Å². The molecule has 35 heavy (non-hydrogen) atoms. The van der Waals surface area contributed by atoms with Crippen LogP contribution in [0.1, 0.15) is 25.0 Å². The molecule has 0 spiro atoms. The fraction of sp³-hybridized carbons (Fsp3) is 0.500. The van der Waals surface area contributed by atoms with Crippen LogP contribution in [-0.2, 0) is 17.6 Å². The van der Waals surface area contributed by atoms with Crippen molar-refractivity contribution in [2.75, 3.05) is 45.8 Å². The molecular weight excluding hydrogens is 526 g/mol. The first-order valence-electron chi connectivity index (χ1n) is 11.8. The average Bonchev–Trinajstić information content (AvgIpc) is 2.83. The molecule has 198 valence electrons. The Labute approximate surface area is 234 Å². The number of hydrogen-bond donors (Lipinski definition) is 1. The summed E-state index contributed by atoms with van der Waals surface area (Å²) in [6.45, 7) is 10.8. The summed E-state index contributed by atoms with van der Waals surface area (Å²) in [6, 6.07) is 18.2. The summed E-state index contributed by atoms with van der Waals surface area (Å²) in [5, 5.41) is 0.694. The molecule has 1 amide bonds. The average molecular weight is 566 g/mol. The lowest BCUT2D eigenvalue weighted by molar-refractivity contribution is -0.134. The molecule has 0 radical (unpaired) electrons. The second-order valence-corrected chi connectivity index (χ2v) is 9.06. The number of carbonyl (C=O) groups is 1. The minimum Gasteiger partial charge on any atom is -0.339 e. The second-order valence-electron chi connectivity index (χ2n) is 8.63. The zero-order chi connectivity index (χ0) is 22.9. The summed E-state index contributed by atoms with van der Waals surface area (Å²) in [7, 11) is 0. The molecule has 0 bridgehead atoms. The van der Waals surface area contributed by atoms with Crippen LogP contribution in [0.3, 0.4) is 0 Å². The van der Waals surface area contributed by atoms with Crippen LogP contribution in [0, 0.1) is 0 Å². The molecular formula is C26H40Cl4N4O. The van der Waals surface area contributed by atoms with E-state index in [4.69, 9.17) is 17.3 Å². The van der Waals surface area contributed by atoms with Crippen molar-refractivity contribution < 1.29 is 4.79 Å². The lowest BCUT2D eigenvalue weighted by atomic mass is 10.0. The number of hydrogen-bond acceptors (Lipinski definition) is 4. The summed E-state index contributed by atoms with van der Waals surface area (Å²) in [5.41, 5.74) is 8.68. The van der Waals surface area contributed by atoms with Gasteiger partial charge < -0.3 is 15.5 Å². The molecule has 1 saturated heterocycles. The van der Waals surface area contributed by atoms with Crippen LogP contribution in [0.15, 0.2) is 54.6 Å². The molecule has 2 N–H and O–H groups in total. The van der Waals surface area contributed by atoms with E-state index < -0.39 is 6.04 Å². The van der Waals surface area contributed by atoms with Crippen molar-refractivity contribution in [3.8, 4) is 0 Å². The van der Waals surface area contributed by atoms with Crippen LogP contribution in [0.4, 0.5) is 0 Å². The number of nitrogens with two attached hydrogens (primary N) is 1. The molecule has 2 unspecified atom stereocenters. The minimum atomic E-state index is -0.515. The number of piperazine rings is 1. The molecule has 0 aromatic heterocycles. The number of halogens is 4. The Kier molecular flexibility index (Phi) is 16.9. The Bertz CT molecular complexity index is 829. The highest BCUT2D eigenvalue weighted by Crippen LogP contribution is 2.16. The van der Waals surface area contributed by atoms with Gasteiger partial charge in [-0.1, -0.05) is 67.9 Å². The predicted molar refractivity (Wildman–Crippen MR) is 155 cm³/mol. The summed E-state index contributed by atoms with van der Waals surface area (Å²) in [4.78, 5) is 19.9. The van der Waals surface area contributed by atoms with Gasteiger partial charge in [0.05, 0.1) is 6.04 Å². The molecule has 2 aromatic rings. The fourth-order valence-corrected chi connectivity index (χ4v) is 4.60. The Morgan fingerprint density at radius 1 is 0.886 bits per heavy atom. The van der Waals surface area contributed by atoms with Gasteiger partial charge in [0.25, 0.3) is 0 Å². The number of carbonyl (C=O) groups excluding carboxylic acids is 1. The van der Waals surface area contributed by atoms with Gasteiger partial charge in [-0.2, -0.15) is 0 Å². The van der Waals surface area contributed by atoms with E-state index in [1.807, 2.05) is 29.2 Å². The lowest BCUT2D eigenvalue weighted by Gasteiger charge is -2.41. The SMILES string of the molecule is CCN(CC)CC(Cc1ccccc1)N1CCN(C(=O)C(N)Cc2ccc(Cl)cc2)CC1.Cl.Cl.Cl. The predicted octanol–water partition coefficient (Wildman–Crippen LogP) is 4.57. The third-order valence-electron chi connectivity index (χ3n) is 6.51. The third-order valence-corrected chi connectivity index (χ3v) is 6.76. The standard InChI is InChI=1S/C26H37ClN4O.3ClH/c1-3-29(4-2)20-24(18-21-8-6-5-7-9-21)30-14-16-31(17-15-30)26(32)25(28)19-22-10-12-23(27)13-11-22;;;/h5-13,24-25H,3-4,14-20,28H2,1-2H3;3*1H. The van der Waals surface area contributed by atoms with Crippen molar-refractivity contribution in [3.05, 3.63) is 70.7 Å². The van der Waals surface area contributed by atoms with E-state index in [9.17, 15) is 4.79 Å². The van der Waals surface area contributed by atoms with Gasteiger partial charge in [-0.15, -0.1) is 37.2 Å². The molecule has 1 fully saturated rings. The molecule has 0 saturated carbocycles. The number of likely N-dealkylation sites (N-methyl/N-ethyl adjacent to an activating group) is 1. The molecule has 3 rings (SSSR count). The van der Waals surface area contributed by atoms with E-state index in [-0.39, 0.29) is 43.1 Å². The highest BCUT2D eigenvalue weighted by Gasteiger charge is 2.29. The van der Waals surface area contributed by atoms with Crippen LogP contribution in [0.2, 0.25) is 5.02 Å². The van der Waals surface area contributed by atoms with Crippen LogP contribution < -0.4 is 5.73 Å². The summed E-state index contributed by atoms with van der Waals surface area (Å²) >= 11 is 5.96. The van der Waals surface area contributed by atoms with Gasteiger partial charge in [-0.3, -0.25) is 9.69 Å². The molecule has 2 aromatic carbocycles. The maximum Gasteiger partial charge on any atom is 0.239 e. The van der Waals surface area contributed by atoms with Crippen LogP contribution >= 0.6 is 48.8 Å². The normalized spacial score (nSPS) is 15.4.